The van der Waals surface area contributed by atoms with Crippen molar-refractivity contribution in [2.75, 3.05) is 33.1 Å². The van der Waals surface area contributed by atoms with Gasteiger partial charge in [-0.3, -0.25) is 4.79 Å². The molecular weight excluding hydrogens is 495 g/mol. The van der Waals surface area contributed by atoms with Crippen molar-refractivity contribution in [2.45, 2.75) is 6.54 Å². The largest absolute Gasteiger partial charge is 0.495 e. The first kappa shape index (κ1) is 23.8. The molecule has 0 bridgehead atoms. The second-order valence-electron chi connectivity index (χ2n) is 5.90. The van der Waals surface area contributed by atoms with Crippen LogP contribution in [-0.4, -0.2) is 44.6 Å². The zero-order chi connectivity index (χ0) is 19.8. The minimum Gasteiger partial charge on any atom is -0.495 e. The van der Waals surface area contributed by atoms with Gasteiger partial charge in [-0.25, -0.2) is 4.99 Å². The summed E-state index contributed by atoms with van der Waals surface area (Å²) in [5.41, 5.74) is 7.54. The van der Waals surface area contributed by atoms with Crippen molar-refractivity contribution in [1.29, 1.82) is 0 Å². The van der Waals surface area contributed by atoms with Gasteiger partial charge in [-0.2, -0.15) is 0 Å². The number of likely N-dealkylation sites (N-methyl/N-ethyl adjacent to an activating group) is 1. The predicted molar refractivity (Wildman–Crippen MR) is 123 cm³/mol. The van der Waals surface area contributed by atoms with Crippen molar-refractivity contribution < 1.29 is 14.3 Å². The lowest BCUT2D eigenvalue weighted by Gasteiger charge is -2.12. The van der Waals surface area contributed by atoms with Crippen LogP contribution in [0.1, 0.15) is 5.56 Å². The molecule has 152 valence electrons. The number of rotatable bonds is 7. The lowest BCUT2D eigenvalue weighted by molar-refractivity contribution is -0.130. The van der Waals surface area contributed by atoms with Crippen molar-refractivity contribution >= 4 is 53.1 Å². The van der Waals surface area contributed by atoms with Gasteiger partial charge in [0, 0.05) is 19.8 Å². The molecule has 2 aromatic rings. The molecule has 0 heterocycles. The van der Waals surface area contributed by atoms with E-state index in [4.69, 9.17) is 26.8 Å². The van der Waals surface area contributed by atoms with Gasteiger partial charge in [0.2, 0.25) is 0 Å². The average Bonchev–Trinajstić information content (AvgIpc) is 2.65. The monoisotopic (exact) mass is 518 g/mol. The van der Waals surface area contributed by atoms with E-state index < -0.39 is 0 Å². The third-order valence-corrected chi connectivity index (χ3v) is 3.91. The summed E-state index contributed by atoms with van der Waals surface area (Å²) in [6, 6.07) is 12.6. The van der Waals surface area contributed by atoms with Gasteiger partial charge in [-0.05, 0) is 35.9 Å². The summed E-state index contributed by atoms with van der Waals surface area (Å²) in [6.07, 6.45) is 0. The van der Waals surface area contributed by atoms with Crippen molar-refractivity contribution in [2.24, 2.45) is 10.7 Å². The van der Waals surface area contributed by atoms with E-state index in [-0.39, 0.29) is 42.5 Å². The van der Waals surface area contributed by atoms with E-state index in [1.807, 2.05) is 18.2 Å². The van der Waals surface area contributed by atoms with Gasteiger partial charge in [0.1, 0.15) is 11.5 Å². The molecule has 0 spiro atoms. The smallest absolute Gasteiger partial charge is 0.259 e. The van der Waals surface area contributed by atoms with Gasteiger partial charge in [0.05, 0.1) is 18.7 Å². The number of hydrogen-bond acceptors (Lipinski definition) is 4. The molecule has 0 radical (unpaired) electrons. The fourth-order valence-electron chi connectivity index (χ4n) is 2.12. The number of nitrogens with zero attached hydrogens (tertiary/aromatic N) is 2. The Morgan fingerprint density at radius 2 is 2.00 bits per heavy atom. The summed E-state index contributed by atoms with van der Waals surface area (Å²) in [7, 11) is 4.92. The van der Waals surface area contributed by atoms with Gasteiger partial charge >= 0.3 is 0 Å². The maximum absolute atomic E-state index is 11.6. The molecule has 2 aromatic carbocycles. The zero-order valence-corrected chi connectivity index (χ0v) is 19.0. The number of aliphatic imine (C=N–C) groups is 1. The summed E-state index contributed by atoms with van der Waals surface area (Å²) >= 11 is 6.09. The van der Waals surface area contributed by atoms with Gasteiger partial charge in [0.15, 0.2) is 12.6 Å². The standard InChI is InChI=1S/C19H23ClN4O3.HI/c1-24(2)18(25)12-27-15-6-4-5-13(9-15)11-22-19(21)23-14-7-8-17(26-3)16(20)10-14;/h4-10H,11-12H2,1-3H3,(H3,21,22,23);1H. The minimum atomic E-state index is -0.106. The number of nitrogens with one attached hydrogen (secondary N) is 1. The summed E-state index contributed by atoms with van der Waals surface area (Å²) in [5, 5.41) is 3.46. The number of nitrogens with two attached hydrogens (primary N) is 1. The maximum atomic E-state index is 11.6. The quantitative estimate of drug-likeness (QED) is 0.333. The SMILES string of the molecule is COc1ccc(NC(N)=NCc2cccc(OCC(=O)N(C)C)c2)cc1Cl.I. The van der Waals surface area contributed by atoms with Gasteiger partial charge < -0.3 is 25.4 Å². The molecule has 1 amide bonds. The van der Waals surface area contributed by atoms with Crippen LogP contribution < -0.4 is 20.5 Å². The molecule has 2 rings (SSSR count). The van der Waals surface area contributed by atoms with E-state index in [1.54, 1.807) is 45.5 Å². The Labute approximate surface area is 186 Å². The summed E-state index contributed by atoms with van der Waals surface area (Å²) in [5.74, 6) is 1.34. The van der Waals surface area contributed by atoms with Crippen LogP contribution in [0, 0.1) is 0 Å². The van der Waals surface area contributed by atoms with Crippen molar-refractivity contribution in [1.82, 2.24) is 4.90 Å². The minimum absolute atomic E-state index is 0. The predicted octanol–water partition coefficient (Wildman–Crippen LogP) is 3.36. The molecule has 9 heteroatoms. The molecule has 0 aliphatic rings. The number of halogens is 2. The first-order valence-corrected chi connectivity index (χ1v) is 8.59. The number of benzene rings is 2. The van der Waals surface area contributed by atoms with Crippen LogP contribution in [0.4, 0.5) is 5.69 Å². The zero-order valence-electron chi connectivity index (χ0n) is 15.9. The molecule has 0 aromatic heterocycles. The van der Waals surface area contributed by atoms with Crippen LogP contribution >= 0.6 is 35.6 Å². The Morgan fingerprint density at radius 1 is 1.25 bits per heavy atom. The fraction of sp³-hybridized carbons (Fsp3) is 0.263. The Kier molecular flexibility index (Phi) is 9.88. The number of methoxy groups -OCH3 is 1. The third kappa shape index (κ3) is 7.43. The molecule has 0 fully saturated rings. The second kappa shape index (κ2) is 11.6. The molecule has 0 aliphatic carbocycles. The Morgan fingerprint density at radius 3 is 2.64 bits per heavy atom. The highest BCUT2D eigenvalue weighted by atomic mass is 127. The lowest BCUT2D eigenvalue weighted by atomic mass is 10.2. The molecular formula is C19H24ClIN4O3. The van der Waals surface area contributed by atoms with E-state index in [0.29, 0.717) is 28.8 Å². The summed E-state index contributed by atoms with van der Waals surface area (Å²) in [4.78, 5) is 17.4. The number of carbonyl (C=O) groups is 1. The third-order valence-electron chi connectivity index (χ3n) is 3.62. The normalized spacial score (nSPS) is 10.6. The van der Waals surface area contributed by atoms with Crippen molar-refractivity contribution in [3.05, 3.63) is 53.1 Å². The average molecular weight is 519 g/mol. The van der Waals surface area contributed by atoms with Crippen LogP contribution in [0.3, 0.4) is 0 Å². The molecule has 0 saturated carbocycles. The van der Waals surface area contributed by atoms with Gasteiger partial charge in [-0.1, -0.05) is 23.7 Å². The van der Waals surface area contributed by atoms with Crippen LogP contribution in [0.2, 0.25) is 5.02 Å². The van der Waals surface area contributed by atoms with E-state index >= 15 is 0 Å². The number of guanidine groups is 1. The lowest BCUT2D eigenvalue weighted by Crippen LogP contribution is -2.27. The van der Waals surface area contributed by atoms with E-state index in [1.165, 1.54) is 4.90 Å². The van der Waals surface area contributed by atoms with E-state index in [9.17, 15) is 4.79 Å². The molecule has 28 heavy (non-hydrogen) atoms. The highest BCUT2D eigenvalue weighted by molar-refractivity contribution is 14.0. The molecule has 3 N–H and O–H groups in total. The Balaban J connectivity index is 0.00000392. The van der Waals surface area contributed by atoms with Gasteiger partial charge in [-0.15, -0.1) is 24.0 Å². The molecule has 0 saturated heterocycles. The van der Waals surface area contributed by atoms with Gasteiger partial charge in [0.25, 0.3) is 5.91 Å². The molecule has 0 aliphatic heterocycles. The Hall–Kier alpha value is -2.20. The topological polar surface area (TPSA) is 89.2 Å². The van der Waals surface area contributed by atoms with E-state index in [2.05, 4.69) is 10.3 Å². The number of hydrogen-bond donors (Lipinski definition) is 2. The molecule has 7 nitrogen and oxygen atoms in total. The van der Waals surface area contributed by atoms with Crippen molar-refractivity contribution in [3.63, 3.8) is 0 Å². The molecule has 0 atom stereocenters. The summed E-state index contributed by atoms with van der Waals surface area (Å²) in [6.45, 7) is 0.350. The molecule has 0 unspecified atom stereocenters. The Bertz CT molecular complexity index is 831. The number of carbonyl (C=O) groups excluding carboxylic acids is 1. The van der Waals surface area contributed by atoms with E-state index in [0.717, 1.165) is 5.56 Å². The van der Waals surface area contributed by atoms with Crippen LogP contribution in [0.15, 0.2) is 47.5 Å². The highest BCUT2D eigenvalue weighted by Crippen LogP contribution is 2.27. The van der Waals surface area contributed by atoms with Crippen molar-refractivity contribution in [3.8, 4) is 11.5 Å². The first-order valence-electron chi connectivity index (χ1n) is 8.21. The second-order valence-corrected chi connectivity index (χ2v) is 6.31. The number of ether oxygens (including phenoxy) is 2. The maximum Gasteiger partial charge on any atom is 0.259 e. The number of anilines is 1. The summed E-state index contributed by atoms with van der Waals surface area (Å²) < 4.78 is 10.6. The first-order chi connectivity index (χ1) is 12.9. The van der Waals surface area contributed by atoms with Crippen LogP contribution in [0.25, 0.3) is 0 Å². The van der Waals surface area contributed by atoms with Crippen LogP contribution in [-0.2, 0) is 11.3 Å². The fourth-order valence-corrected chi connectivity index (χ4v) is 2.37. The number of amides is 1. The van der Waals surface area contributed by atoms with Crippen LogP contribution in [0.5, 0.6) is 11.5 Å². The highest BCUT2D eigenvalue weighted by Gasteiger charge is 2.06.